The Morgan fingerprint density at radius 1 is 0.958 bits per heavy atom. The van der Waals surface area contributed by atoms with Crippen molar-refractivity contribution in [2.45, 2.75) is 4.90 Å². The number of benzene rings is 2. The highest BCUT2D eigenvalue weighted by Crippen LogP contribution is 2.34. The number of hydrogen-bond donors (Lipinski definition) is 0. The van der Waals surface area contributed by atoms with Crippen molar-refractivity contribution in [2.24, 2.45) is 0 Å². The number of aromatic nitrogens is 2. The second-order valence-electron chi connectivity index (χ2n) is 5.53. The normalized spacial score (nSPS) is 11.9. The molecular formula is C18H14N2O2S2. The summed E-state index contributed by atoms with van der Waals surface area (Å²) >= 11 is 1.58. The van der Waals surface area contributed by atoms with Crippen molar-refractivity contribution >= 4 is 26.1 Å². The van der Waals surface area contributed by atoms with E-state index in [1.807, 2.05) is 58.4 Å². The molecular weight excluding hydrogens is 340 g/mol. The zero-order valence-electron chi connectivity index (χ0n) is 12.9. The quantitative estimate of drug-likeness (QED) is 0.556. The summed E-state index contributed by atoms with van der Waals surface area (Å²) in [5.74, 6) is 0. The highest BCUT2D eigenvalue weighted by atomic mass is 32.2. The van der Waals surface area contributed by atoms with Gasteiger partial charge >= 0.3 is 0 Å². The Morgan fingerprint density at radius 3 is 2.33 bits per heavy atom. The van der Waals surface area contributed by atoms with Crippen LogP contribution in [0.1, 0.15) is 0 Å². The van der Waals surface area contributed by atoms with Crippen molar-refractivity contribution in [1.29, 1.82) is 0 Å². The van der Waals surface area contributed by atoms with Gasteiger partial charge in [-0.05, 0) is 12.1 Å². The predicted molar refractivity (Wildman–Crippen MR) is 97.1 cm³/mol. The van der Waals surface area contributed by atoms with Gasteiger partial charge in [-0.15, -0.1) is 11.3 Å². The Labute approximate surface area is 144 Å². The van der Waals surface area contributed by atoms with Crippen LogP contribution in [0.3, 0.4) is 0 Å². The number of fused-ring (bicyclic) bond motifs is 1. The molecule has 0 aliphatic heterocycles. The highest BCUT2D eigenvalue weighted by Gasteiger charge is 2.17. The lowest BCUT2D eigenvalue weighted by Gasteiger charge is -2.06. The lowest BCUT2D eigenvalue weighted by atomic mass is 10.1. The largest absolute Gasteiger partial charge is 0.290 e. The molecule has 120 valence electrons. The second kappa shape index (κ2) is 5.58. The van der Waals surface area contributed by atoms with E-state index in [1.165, 1.54) is 6.26 Å². The van der Waals surface area contributed by atoms with Gasteiger partial charge in [0.15, 0.2) is 14.8 Å². The molecule has 0 bridgehead atoms. The van der Waals surface area contributed by atoms with Gasteiger partial charge < -0.3 is 0 Å². The van der Waals surface area contributed by atoms with Gasteiger partial charge in [0.2, 0.25) is 0 Å². The predicted octanol–water partition coefficient (Wildman–Crippen LogP) is 4.13. The third kappa shape index (κ3) is 2.53. The van der Waals surface area contributed by atoms with E-state index in [1.54, 1.807) is 23.5 Å². The van der Waals surface area contributed by atoms with Crippen LogP contribution in [0.25, 0.3) is 27.5 Å². The summed E-state index contributed by atoms with van der Waals surface area (Å²) in [6, 6.07) is 17.0. The summed E-state index contributed by atoms with van der Waals surface area (Å²) in [4.78, 5) is 5.98. The second-order valence-corrected chi connectivity index (χ2v) is 8.42. The first kappa shape index (κ1) is 15.1. The number of rotatable bonds is 3. The number of nitrogens with zero attached hydrogens (tertiary/aromatic N) is 2. The average molecular weight is 354 g/mol. The summed E-state index contributed by atoms with van der Waals surface area (Å²) in [5, 5.41) is 1.99. The maximum Gasteiger partial charge on any atom is 0.194 e. The SMILES string of the molecule is CS(=O)(=O)c1ccc(-c2c(-c3ccccc3)nc3sccn23)cc1. The third-order valence-corrected chi connectivity index (χ3v) is 5.75. The van der Waals surface area contributed by atoms with Crippen molar-refractivity contribution in [3.63, 3.8) is 0 Å². The summed E-state index contributed by atoms with van der Waals surface area (Å²) in [7, 11) is -3.20. The molecule has 0 spiro atoms. The van der Waals surface area contributed by atoms with Gasteiger partial charge in [0.1, 0.15) is 0 Å². The fraction of sp³-hybridized carbons (Fsp3) is 0.0556. The van der Waals surface area contributed by atoms with E-state index in [2.05, 4.69) is 0 Å². The fourth-order valence-electron chi connectivity index (χ4n) is 2.72. The molecule has 0 saturated carbocycles. The smallest absolute Gasteiger partial charge is 0.194 e. The van der Waals surface area contributed by atoms with Crippen molar-refractivity contribution in [3.05, 3.63) is 66.2 Å². The van der Waals surface area contributed by atoms with Crippen molar-refractivity contribution in [1.82, 2.24) is 9.38 Å². The maximum atomic E-state index is 11.7. The Kier molecular flexibility index (Phi) is 3.51. The molecule has 0 unspecified atom stereocenters. The molecule has 2 aromatic heterocycles. The Hall–Kier alpha value is -2.44. The maximum absolute atomic E-state index is 11.7. The molecule has 0 aliphatic rings. The minimum Gasteiger partial charge on any atom is -0.290 e. The summed E-state index contributed by atoms with van der Waals surface area (Å²) in [6.07, 6.45) is 3.20. The first-order valence-corrected chi connectivity index (χ1v) is 10.1. The van der Waals surface area contributed by atoms with Crippen LogP contribution >= 0.6 is 11.3 Å². The molecule has 2 aromatic carbocycles. The number of sulfone groups is 1. The molecule has 4 nitrogen and oxygen atoms in total. The lowest BCUT2D eigenvalue weighted by Crippen LogP contribution is -1.96. The molecule has 0 N–H and O–H groups in total. The van der Waals surface area contributed by atoms with Gasteiger partial charge in [0.25, 0.3) is 0 Å². The minimum absolute atomic E-state index is 0.318. The molecule has 0 radical (unpaired) electrons. The first-order valence-electron chi connectivity index (χ1n) is 7.35. The molecule has 4 aromatic rings. The van der Waals surface area contributed by atoms with E-state index in [9.17, 15) is 8.42 Å². The molecule has 0 saturated heterocycles. The molecule has 2 heterocycles. The van der Waals surface area contributed by atoms with E-state index in [0.29, 0.717) is 4.90 Å². The van der Waals surface area contributed by atoms with Crippen molar-refractivity contribution < 1.29 is 8.42 Å². The highest BCUT2D eigenvalue weighted by molar-refractivity contribution is 7.90. The van der Waals surface area contributed by atoms with Gasteiger partial charge in [0, 0.05) is 29.0 Å². The molecule has 24 heavy (non-hydrogen) atoms. The van der Waals surface area contributed by atoms with Crippen LogP contribution in [0, 0.1) is 0 Å². The van der Waals surface area contributed by atoms with Crippen LogP contribution in [0.4, 0.5) is 0 Å². The number of imidazole rings is 1. The first-order chi connectivity index (χ1) is 11.5. The van der Waals surface area contributed by atoms with E-state index < -0.39 is 9.84 Å². The van der Waals surface area contributed by atoms with E-state index >= 15 is 0 Å². The van der Waals surface area contributed by atoms with Crippen LogP contribution in [0.5, 0.6) is 0 Å². The van der Waals surface area contributed by atoms with Gasteiger partial charge in [-0.3, -0.25) is 4.40 Å². The van der Waals surface area contributed by atoms with Crippen LogP contribution in [0.15, 0.2) is 71.1 Å². The number of hydrogen-bond acceptors (Lipinski definition) is 4. The third-order valence-electron chi connectivity index (χ3n) is 3.87. The van der Waals surface area contributed by atoms with Crippen LogP contribution in [-0.2, 0) is 9.84 Å². The zero-order valence-corrected chi connectivity index (χ0v) is 14.5. The molecule has 6 heteroatoms. The van der Waals surface area contributed by atoms with E-state index in [4.69, 9.17) is 4.98 Å². The Balaban J connectivity index is 1.94. The van der Waals surface area contributed by atoms with Crippen molar-refractivity contribution in [2.75, 3.05) is 6.26 Å². The van der Waals surface area contributed by atoms with Crippen LogP contribution in [-0.4, -0.2) is 24.1 Å². The monoisotopic (exact) mass is 354 g/mol. The fourth-order valence-corrected chi connectivity index (χ4v) is 4.06. The van der Waals surface area contributed by atoms with Gasteiger partial charge in [-0.2, -0.15) is 0 Å². The van der Waals surface area contributed by atoms with Crippen LogP contribution in [0.2, 0.25) is 0 Å². The molecule has 0 fully saturated rings. The molecule has 0 amide bonds. The average Bonchev–Trinajstić information content (AvgIpc) is 3.15. The standard InChI is InChI=1S/C18H14N2O2S2/c1-24(21,22)15-9-7-14(8-10-15)17-16(13-5-3-2-4-6-13)19-18-20(17)11-12-23-18/h2-12H,1H3. The van der Waals surface area contributed by atoms with Gasteiger partial charge in [0.05, 0.1) is 16.3 Å². The van der Waals surface area contributed by atoms with Gasteiger partial charge in [-0.1, -0.05) is 42.5 Å². The van der Waals surface area contributed by atoms with Crippen molar-refractivity contribution in [3.8, 4) is 22.5 Å². The lowest BCUT2D eigenvalue weighted by molar-refractivity contribution is 0.602. The summed E-state index contributed by atoms with van der Waals surface area (Å²) in [6.45, 7) is 0. The molecule has 4 rings (SSSR count). The zero-order chi connectivity index (χ0) is 16.7. The van der Waals surface area contributed by atoms with E-state index in [-0.39, 0.29) is 0 Å². The van der Waals surface area contributed by atoms with Crippen LogP contribution < -0.4 is 0 Å². The Bertz CT molecular complexity index is 1110. The number of thiazole rings is 1. The molecule has 0 atom stereocenters. The minimum atomic E-state index is -3.20. The Morgan fingerprint density at radius 2 is 1.67 bits per heavy atom. The van der Waals surface area contributed by atoms with E-state index in [0.717, 1.165) is 27.5 Å². The summed E-state index contributed by atoms with van der Waals surface area (Å²) < 4.78 is 25.4. The van der Waals surface area contributed by atoms with Gasteiger partial charge in [-0.25, -0.2) is 13.4 Å². The summed E-state index contributed by atoms with van der Waals surface area (Å²) in [5.41, 5.74) is 3.84. The topological polar surface area (TPSA) is 51.4 Å². The molecule has 0 aliphatic carbocycles.